The van der Waals surface area contributed by atoms with Crippen molar-refractivity contribution in [3.63, 3.8) is 0 Å². The summed E-state index contributed by atoms with van der Waals surface area (Å²) in [7, 11) is 0. The van der Waals surface area contributed by atoms with E-state index >= 15 is 0 Å². The van der Waals surface area contributed by atoms with Gasteiger partial charge in [0.1, 0.15) is 5.69 Å². The number of carbonyl (C=O) groups excluding carboxylic acids is 1. The van der Waals surface area contributed by atoms with Gasteiger partial charge in [-0.2, -0.15) is 0 Å². The van der Waals surface area contributed by atoms with Crippen LogP contribution in [0.1, 0.15) is 39.5 Å². The quantitative estimate of drug-likeness (QED) is 0.861. The average Bonchev–Trinajstić information content (AvgIpc) is 2.94. The molecule has 0 aliphatic heterocycles. The van der Waals surface area contributed by atoms with E-state index in [0.717, 1.165) is 11.4 Å². The van der Waals surface area contributed by atoms with Crippen LogP contribution in [-0.2, 0) is 6.42 Å². The maximum absolute atomic E-state index is 12.1. The summed E-state index contributed by atoms with van der Waals surface area (Å²) >= 11 is 1.48. The van der Waals surface area contributed by atoms with Gasteiger partial charge in [-0.15, -0.1) is 11.3 Å². The lowest BCUT2D eigenvalue weighted by atomic mass is 10.00. The fourth-order valence-electron chi connectivity index (χ4n) is 2.00. The predicted octanol–water partition coefficient (Wildman–Crippen LogP) is 2.49. The molecule has 1 amide bonds. The lowest BCUT2D eigenvalue weighted by Crippen LogP contribution is -2.27. The maximum Gasteiger partial charge on any atom is 0.270 e. The average molecular weight is 303 g/mol. The van der Waals surface area contributed by atoms with E-state index in [4.69, 9.17) is 5.73 Å². The molecule has 0 bridgehead atoms. The van der Waals surface area contributed by atoms with Crippen molar-refractivity contribution in [1.82, 2.24) is 10.3 Å². The zero-order chi connectivity index (χ0) is 15.2. The number of rotatable bonds is 6. The SMILES string of the molecule is Cc1ccc(C(C)CNC(=O)c2csc(CCN)n2)cc1. The smallest absolute Gasteiger partial charge is 0.270 e. The first-order chi connectivity index (χ1) is 10.1. The minimum Gasteiger partial charge on any atom is -0.350 e. The molecule has 1 unspecified atom stereocenters. The van der Waals surface area contributed by atoms with Crippen LogP contribution in [-0.4, -0.2) is 24.0 Å². The predicted molar refractivity (Wildman–Crippen MR) is 86.8 cm³/mol. The van der Waals surface area contributed by atoms with Gasteiger partial charge < -0.3 is 11.1 Å². The lowest BCUT2D eigenvalue weighted by Gasteiger charge is -2.12. The number of aromatic nitrogens is 1. The summed E-state index contributed by atoms with van der Waals surface area (Å²) in [6, 6.07) is 8.39. The highest BCUT2D eigenvalue weighted by Gasteiger charge is 2.12. The molecule has 0 spiro atoms. The summed E-state index contributed by atoms with van der Waals surface area (Å²) in [5.41, 5.74) is 8.44. The minimum atomic E-state index is -0.117. The topological polar surface area (TPSA) is 68.0 Å². The molecule has 5 heteroatoms. The number of nitrogens with zero attached hydrogens (tertiary/aromatic N) is 1. The van der Waals surface area contributed by atoms with Gasteiger partial charge in [-0.3, -0.25) is 4.79 Å². The van der Waals surface area contributed by atoms with E-state index < -0.39 is 0 Å². The molecule has 3 N–H and O–H groups in total. The Hall–Kier alpha value is -1.72. The summed E-state index contributed by atoms with van der Waals surface area (Å²) in [5.74, 6) is 0.158. The van der Waals surface area contributed by atoms with Gasteiger partial charge in [0.05, 0.1) is 5.01 Å². The Morgan fingerprint density at radius 3 is 2.76 bits per heavy atom. The van der Waals surface area contributed by atoms with Gasteiger partial charge in [-0.05, 0) is 24.9 Å². The Morgan fingerprint density at radius 2 is 2.10 bits per heavy atom. The van der Waals surface area contributed by atoms with Crippen LogP contribution < -0.4 is 11.1 Å². The van der Waals surface area contributed by atoms with Crippen LogP contribution in [0.5, 0.6) is 0 Å². The number of nitrogens with two attached hydrogens (primary N) is 1. The maximum atomic E-state index is 12.1. The number of thiazole rings is 1. The van der Waals surface area contributed by atoms with E-state index in [1.54, 1.807) is 5.38 Å². The van der Waals surface area contributed by atoms with Crippen molar-refractivity contribution in [2.24, 2.45) is 5.73 Å². The molecule has 2 rings (SSSR count). The fourth-order valence-corrected chi connectivity index (χ4v) is 2.80. The fraction of sp³-hybridized carbons (Fsp3) is 0.375. The molecule has 1 atom stereocenters. The highest BCUT2D eigenvalue weighted by molar-refractivity contribution is 7.09. The molecule has 112 valence electrons. The molecular weight excluding hydrogens is 282 g/mol. The van der Waals surface area contributed by atoms with E-state index in [-0.39, 0.29) is 11.8 Å². The summed E-state index contributed by atoms with van der Waals surface area (Å²) in [5, 5.41) is 5.64. The Kier molecular flexibility index (Phi) is 5.47. The number of benzene rings is 1. The van der Waals surface area contributed by atoms with E-state index in [0.29, 0.717) is 18.8 Å². The second kappa shape index (κ2) is 7.33. The number of aryl methyl sites for hydroxylation is 1. The molecule has 0 aliphatic rings. The van der Waals surface area contributed by atoms with Gasteiger partial charge in [-0.1, -0.05) is 36.8 Å². The zero-order valence-electron chi connectivity index (χ0n) is 12.4. The van der Waals surface area contributed by atoms with Gasteiger partial charge in [0.15, 0.2) is 0 Å². The molecule has 0 saturated carbocycles. The van der Waals surface area contributed by atoms with Crippen LogP contribution in [0.25, 0.3) is 0 Å². The van der Waals surface area contributed by atoms with E-state index in [2.05, 4.69) is 48.4 Å². The van der Waals surface area contributed by atoms with Crippen LogP contribution in [0.15, 0.2) is 29.6 Å². The largest absolute Gasteiger partial charge is 0.350 e. The minimum absolute atomic E-state index is 0.117. The van der Waals surface area contributed by atoms with Gasteiger partial charge in [0.25, 0.3) is 5.91 Å². The Morgan fingerprint density at radius 1 is 1.38 bits per heavy atom. The van der Waals surface area contributed by atoms with Crippen LogP contribution in [0.4, 0.5) is 0 Å². The highest BCUT2D eigenvalue weighted by atomic mass is 32.1. The third-order valence-electron chi connectivity index (χ3n) is 3.36. The molecule has 2 aromatic rings. The normalized spacial score (nSPS) is 12.1. The molecule has 0 radical (unpaired) electrons. The Balaban J connectivity index is 1.89. The third-order valence-corrected chi connectivity index (χ3v) is 4.27. The number of amides is 1. The zero-order valence-corrected chi connectivity index (χ0v) is 13.2. The molecule has 1 heterocycles. The van der Waals surface area contributed by atoms with E-state index in [1.165, 1.54) is 22.5 Å². The van der Waals surface area contributed by atoms with E-state index in [9.17, 15) is 4.79 Å². The Bertz CT molecular complexity index is 592. The van der Waals surface area contributed by atoms with Gasteiger partial charge in [0, 0.05) is 18.3 Å². The first-order valence-corrected chi connectivity index (χ1v) is 7.97. The van der Waals surface area contributed by atoms with Crippen LogP contribution >= 0.6 is 11.3 Å². The van der Waals surface area contributed by atoms with Crippen LogP contribution in [0.2, 0.25) is 0 Å². The number of carbonyl (C=O) groups is 1. The number of hydrogen-bond acceptors (Lipinski definition) is 4. The lowest BCUT2D eigenvalue weighted by molar-refractivity contribution is 0.0947. The van der Waals surface area contributed by atoms with Gasteiger partial charge >= 0.3 is 0 Å². The summed E-state index contributed by atoms with van der Waals surface area (Å²) in [6.07, 6.45) is 0.720. The molecule has 4 nitrogen and oxygen atoms in total. The molecule has 21 heavy (non-hydrogen) atoms. The second-order valence-corrected chi connectivity index (χ2v) is 6.13. The van der Waals surface area contributed by atoms with Crippen molar-refractivity contribution in [2.45, 2.75) is 26.2 Å². The van der Waals surface area contributed by atoms with Crippen molar-refractivity contribution in [3.05, 3.63) is 51.5 Å². The molecular formula is C16H21N3OS. The van der Waals surface area contributed by atoms with E-state index in [1.807, 2.05) is 0 Å². The summed E-state index contributed by atoms with van der Waals surface area (Å²) < 4.78 is 0. The van der Waals surface area contributed by atoms with Crippen molar-refractivity contribution in [3.8, 4) is 0 Å². The summed E-state index contributed by atoms with van der Waals surface area (Å²) in [4.78, 5) is 16.3. The van der Waals surface area contributed by atoms with Crippen molar-refractivity contribution >= 4 is 17.2 Å². The van der Waals surface area contributed by atoms with Crippen molar-refractivity contribution in [1.29, 1.82) is 0 Å². The second-order valence-electron chi connectivity index (χ2n) is 5.19. The number of hydrogen-bond donors (Lipinski definition) is 2. The van der Waals surface area contributed by atoms with Crippen molar-refractivity contribution < 1.29 is 4.79 Å². The first-order valence-electron chi connectivity index (χ1n) is 7.09. The van der Waals surface area contributed by atoms with Crippen LogP contribution in [0.3, 0.4) is 0 Å². The molecule has 0 fully saturated rings. The van der Waals surface area contributed by atoms with Crippen LogP contribution in [0, 0.1) is 6.92 Å². The van der Waals surface area contributed by atoms with Gasteiger partial charge in [-0.25, -0.2) is 4.98 Å². The third kappa shape index (κ3) is 4.37. The first kappa shape index (κ1) is 15.7. The molecule has 0 saturated heterocycles. The molecule has 1 aromatic carbocycles. The number of nitrogens with one attached hydrogen (secondary N) is 1. The van der Waals surface area contributed by atoms with Crippen molar-refractivity contribution in [2.75, 3.05) is 13.1 Å². The van der Waals surface area contributed by atoms with Gasteiger partial charge in [0.2, 0.25) is 0 Å². The Labute approximate surface area is 129 Å². The molecule has 1 aromatic heterocycles. The summed E-state index contributed by atoms with van der Waals surface area (Å²) in [6.45, 7) is 5.33. The standard InChI is InChI=1S/C16H21N3OS/c1-11-3-5-13(6-4-11)12(2)9-18-16(20)14-10-21-15(19-14)7-8-17/h3-6,10,12H,7-9,17H2,1-2H3,(H,18,20). The highest BCUT2D eigenvalue weighted by Crippen LogP contribution is 2.15. The monoisotopic (exact) mass is 303 g/mol. The molecule has 0 aliphatic carbocycles.